The third-order valence-corrected chi connectivity index (χ3v) is 2.00. The molecule has 4 heteroatoms. The van der Waals surface area contributed by atoms with Crippen molar-refractivity contribution in [3.05, 3.63) is 34.9 Å². The average molecular weight is 209 g/mol. The SMILES string of the molecule is Cc1ccc(CCl)c(C(F)(F)F)c1. The fourth-order valence-electron chi connectivity index (χ4n) is 1.07. The monoisotopic (exact) mass is 208 g/mol. The van der Waals surface area contributed by atoms with Gasteiger partial charge in [0, 0.05) is 5.88 Å². The van der Waals surface area contributed by atoms with Gasteiger partial charge in [-0.05, 0) is 18.6 Å². The molecule has 1 aromatic rings. The molecule has 0 aliphatic carbocycles. The standard InChI is InChI=1S/C9H8ClF3/c1-6-2-3-7(5-10)8(4-6)9(11,12)13/h2-4H,5H2,1H3. The molecule has 0 fully saturated rings. The topological polar surface area (TPSA) is 0 Å². The summed E-state index contributed by atoms with van der Waals surface area (Å²) < 4.78 is 37.1. The minimum absolute atomic E-state index is 0.116. The van der Waals surface area contributed by atoms with Gasteiger partial charge in [-0.15, -0.1) is 11.6 Å². The van der Waals surface area contributed by atoms with Crippen molar-refractivity contribution < 1.29 is 13.2 Å². The summed E-state index contributed by atoms with van der Waals surface area (Å²) in [5.74, 6) is -0.116. The van der Waals surface area contributed by atoms with Crippen LogP contribution in [-0.4, -0.2) is 0 Å². The Kier molecular flexibility index (Phi) is 2.86. The zero-order valence-electron chi connectivity index (χ0n) is 6.95. The third-order valence-electron chi connectivity index (χ3n) is 1.71. The number of alkyl halides is 4. The van der Waals surface area contributed by atoms with Crippen LogP contribution in [0.1, 0.15) is 16.7 Å². The quantitative estimate of drug-likeness (QED) is 0.617. The van der Waals surface area contributed by atoms with E-state index >= 15 is 0 Å². The number of hydrogen-bond donors (Lipinski definition) is 0. The highest BCUT2D eigenvalue weighted by molar-refractivity contribution is 6.17. The van der Waals surface area contributed by atoms with E-state index in [-0.39, 0.29) is 11.4 Å². The Balaban J connectivity index is 3.24. The Morgan fingerprint density at radius 2 is 1.92 bits per heavy atom. The summed E-state index contributed by atoms with van der Waals surface area (Å²) in [6.45, 7) is 1.62. The van der Waals surface area contributed by atoms with Gasteiger partial charge >= 0.3 is 6.18 Å². The van der Waals surface area contributed by atoms with Crippen LogP contribution in [0.15, 0.2) is 18.2 Å². The molecule has 13 heavy (non-hydrogen) atoms. The molecule has 1 rings (SSSR count). The van der Waals surface area contributed by atoms with Crippen molar-refractivity contribution in [3.8, 4) is 0 Å². The molecule has 0 unspecified atom stereocenters. The van der Waals surface area contributed by atoms with E-state index in [1.165, 1.54) is 6.07 Å². The van der Waals surface area contributed by atoms with Gasteiger partial charge in [-0.3, -0.25) is 0 Å². The molecule has 1 aromatic carbocycles. The van der Waals surface area contributed by atoms with E-state index in [1.807, 2.05) is 0 Å². The second-order valence-electron chi connectivity index (χ2n) is 2.79. The molecule has 0 aliphatic heterocycles. The molecule has 0 aliphatic rings. The Morgan fingerprint density at radius 1 is 1.31 bits per heavy atom. The van der Waals surface area contributed by atoms with Crippen LogP contribution in [0.25, 0.3) is 0 Å². The maximum absolute atomic E-state index is 12.4. The van der Waals surface area contributed by atoms with Crippen LogP contribution in [0, 0.1) is 6.92 Å². The summed E-state index contributed by atoms with van der Waals surface area (Å²) >= 11 is 5.39. The summed E-state index contributed by atoms with van der Waals surface area (Å²) in [7, 11) is 0. The van der Waals surface area contributed by atoms with Crippen LogP contribution in [-0.2, 0) is 12.1 Å². The van der Waals surface area contributed by atoms with Crippen molar-refractivity contribution in [2.45, 2.75) is 19.0 Å². The molecule has 0 atom stereocenters. The van der Waals surface area contributed by atoms with Gasteiger partial charge in [0.25, 0.3) is 0 Å². The fourth-order valence-corrected chi connectivity index (χ4v) is 1.30. The number of hydrogen-bond acceptors (Lipinski definition) is 0. The second kappa shape index (κ2) is 3.58. The van der Waals surface area contributed by atoms with Gasteiger partial charge in [0.05, 0.1) is 5.56 Å². The molecular formula is C9H8ClF3. The van der Waals surface area contributed by atoms with E-state index in [0.717, 1.165) is 6.07 Å². The van der Waals surface area contributed by atoms with E-state index in [0.29, 0.717) is 5.56 Å². The fraction of sp³-hybridized carbons (Fsp3) is 0.333. The second-order valence-corrected chi connectivity index (χ2v) is 3.06. The predicted octanol–water partition coefficient (Wildman–Crippen LogP) is 3.75. The Labute approximate surface area is 79.3 Å². The Hall–Kier alpha value is -0.700. The lowest BCUT2D eigenvalue weighted by molar-refractivity contribution is -0.138. The van der Waals surface area contributed by atoms with Gasteiger partial charge in [0.15, 0.2) is 0 Å². The van der Waals surface area contributed by atoms with Gasteiger partial charge in [-0.25, -0.2) is 0 Å². The van der Waals surface area contributed by atoms with Crippen molar-refractivity contribution in [2.24, 2.45) is 0 Å². The van der Waals surface area contributed by atoms with Crippen LogP contribution in [0.5, 0.6) is 0 Å². The maximum Gasteiger partial charge on any atom is 0.416 e. The van der Waals surface area contributed by atoms with E-state index in [9.17, 15) is 13.2 Å². The average Bonchev–Trinajstić information content (AvgIpc) is 2.03. The van der Waals surface area contributed by atoms with Crippen LogP contribution in [0.4, 0.5) is 13.2 Å². The smallest absolute Gasteiger partial charge is 0.166 e. The summed E-state index contributed by atoms with van der Waals surface area (Å²) in [4.78, 5) is 0. The molecular weight excluding hydrogens is 201 g/mol. The van der Waals surface area contributed by atoms with Crippen molar-refractivity contribution in [1.29, 1.82) is 0 Å². The van der Waals surface area contributed by atoms with Crippen molar-refractivity contribution in [3.63, 3.8) is 0 Å². The van der Waals surface area contributed by atoms with E-state index in [1.54, 1.807) is 13.0 Å². The maximum atomic E-state index is 12.4. The van der Waals surface area contributed by atoms with Crippen molar-refractivity contribution in [2.75, 3.05) is 0 Å². The molecule has 0 aromatic heterocycles. The van der Waals surface area contributed by atoms with E-state index in [2.05, 4.69) is 0 Å². The predicted molar refractivity (Wildman–Crippen MR) is 45.7 cm³/mol. The number of benzene rings is 1. The van der Waals surface area contributed by atoms with Gasteiger partial charge in [0.2, 0.25) is 0 Å². The first kappa shape index (κ1) is 10.4. The highest BCUT2D eigenvalue weighted by atomic mass is 35.5. The number of rotatable bonds is 1. The van der Waals surface area contributed by atoms with Crippen molar-refractivity contribution in [1.82, 2.24) is 0 Å². The summed E-state index contributed by atoms with van der Waals surface area (Å²) in [6.07, 6.45) is -4.31. The van der Waals surface area contributed by atoms with Crippen LogP contribution in [0.3, 0.4) is 0 Å². The lowest BCUT2D eigenvalue weighted by Crippen LogP contribution is -2.08. The highest BCUT2D eigenvalue weighted by Gasteiger charge is 2.32. The molecule has 72 valence electrons. The minimum Gasteiger partial charge on any atom is -0.166 e. The molecule has 0 heterocycles. The zero-order valence-corrected chi connectivity index (χ0v) is 7.71. The first-order chi connectivity index (χ1) is 5.95. The lowest BCUT2D eigenvalue weighted by atomic mass is 10.1. The Bertz CT molecular complexity index is 304. The third kappa shape index (κ3) is 2.37. The van der Waals surface area contributed by atoms with Crippen LogP contribution < -0.4 is 0 Å². The molecule has 0 saturated heterocycles. The first-order valence-corrected chi connectivity index (χ1v) is 4.21. The summed E-state index contributed by atoms with van der Waals surface area (Å²) in [5.41, 5.74) is 0.0726. The molecule has 0 spiro atoms. The summed E-state index contributed by atoms with van der Waals surface area (Å²) in [6, 6.07) is 4.13. The van der Waals surface area contributed by atoms with Crippen LogP contribution in [0.2, 0.25) is 0 Å². The molecule has 0 nitrogen and oxygen atoms in total. The molecule has 0 bridgehead atoms. The first-order valence-electron chi connectivity index (χ1n) is 3.68. The molecule has 0 amide bonds. The van der Waals surface area contributed by atoms with Gasteiger partial charge in [-0.1, -0.05) is 17.7 Å². The largest absolute Gasteiger partial charge is 0.416 e. The molecule has 0 N–H and O–H groups in total. The minimum atomic E-state index is -4.31. The van der Waals surface area contributed by atoms with Gasteiger partial charge in [-0.2, -0.15) is 13.2 Å². The number of halogens is 4. The molecule has 0 radical (unpaired) electrons. The highest BCUT2D eigenvalue weighted by Crippen LogP contribution is 2.33. The lowest BCUT2D eigenvalue weighted by Gasteiger charge is -2.11. The normalized spacial score (nSPS) is 11.8. The van der Waals surface area contributed by atoms with Crippen molar-refractivity contribution >= 4 is 11.6 Å². The van der Waals surface area contributed by atoms with Gasteiger partial charge in [0.1, 0.15) is 0 Å². The van der Waals surface area contributed by atoms with Crippen LogP contribution >= 0.6 is 11.6 Å². The number of aryl methyl sites for hydroxylation is 1. The zero-order chi connectivity index (χ0) is 10.1. The Morgan fingerprint density at radius 3 is 2.38 bits per heavy atom. The van der Waals surface area contributed by atoms with E-state index < -0.39 is 11.7 Å². The van der Waals surface area contributed by atoms with Gasteiger partial charge < -0.3 is 0 Å². The molecule has 0 saturated carbocycles. The van der Waals surface area contributed by atoms with E-state index in [4.69, 9.17) is 11.6 Å². The summed E-state index contributed by atoms with van der Waals surface area (Å²) in [5, 5.41) is 0.